The van der Waals surface area contributed by atoms with E-state index in [0.29, 0.717) is 28.9 Å². The number of amides is 1. The number of primary amides is 1. The van der Waals surface area contributed by atoms with Gasteiger partial charge in [-0.2, -0.15) is 0 Å². The maximum Gasteiger partial charge on any atom is 0.344 e. The van der Waals surface area contributed by atoms with Crippen LogP contribution in [0.25, 0.3) is 0 Å². The van der Waals surface area contributed by atoms with E-state index in [-0.39, 0.29) is 0 Å². The highest BCUT2D eigenvalue weighted by atomic mass is 16.5. The SMILES string of the molecule is CCC(Oc1c(C)cc(C(N)=O)cc1C)C(=O)O. The first-order valence-corrected chi connectivity index (χ1v) is 5.67. The van der Waals surface area contributed by atoms with Crippen LogP contribution in [0.15, 0.2) is 12.1 Å². The van der Waals surface area contributed by atoms with Crippen LogP contribution in [-0.4, -0.2) is 23.1 Å². The normalized spacial score (nSPS) is 11.9. The standard InChI is InChI=1S/C13H17NO4/c1-4-10(13(16)17)18-11-7(2)5-9(12(14)15)6-8(11)3/h5-6,10H,4H2,1-3H3,(H2,14,15)(H,16,17). The van der Waals surface area contributed by atoms with E-state index in [4.69, 9.17) is 15.6 Å². The first kappa shape index (κ1) is 14.0. The average Bonchev–Trinajstić information content (AvgIpc) is 2.27. The molecule has 5 heteroatoms. The van der Waals surface area contributed by atoms with Crippen molar-refractivity contribution in [2.75, 3.05) is 0 Å². The van der Waals surface area contributed by atoms with Gasteiger partial charge in [-0.25, -0.2) is 4.79 Å². The number of carbonyl (C=O) groups excluding carboxylic acids is 1. The minimum absolute atomic E-state index is 0.367. The molecule has 0 aromatic heterocycles. The maximum atomic E-state index is 11.1. The molecule has 0 saturated heterocycles. The second-order valence-corrected chi connectivity index (χ2v) is 4.16. The lowest BCUT2D eigenvalue weighted by atomic mass is 10.1. The van der Waals surface area contributed by atoms with E-state index in [0.717, 1.165) is 0 Å². The molecule has 1 atom stereocenters. The van der Waals surface area contributed by atoms with Gasteiger partial charge in [-0.15, -0.1) is 0 Å². The molecule has 1 aromatic carbocycles. The third kappa shape index (κ3) is 3.00. The van der Waals surface area contributed by atoms with Gasteiger partial charge in [-0.1, -0.05) is 6.92 Å². The van der Waals surface area contributed by atoms with Gasteiger partial charge in [0, 0.05) is 5.56 Å². The summed E-state index contributed by atoms with van der Waals surface area (Å²) >= 11 is 0. The van der Waals surface area contributed by atoms with E-state index in [2.05, 4.69) is 0 Å². The summed E-state index contributed by atoms with van der Waals surface area (Å²) in [6.07, 6.45) is -0.520. The molecule has 0 heterocycles. The molecular formula is C13H17NO4. The minimum Gasteiger partial charge on any atom is -0.479 e. The zero-order chi connectivity index (χ0) is 13.9. The van der Waals surface area contributed by atoms with Crippen LogP contribution in [0, 0.1) is 13.8 Å². The molecule has 1 unspecified atom stereocenters. The molecule has 0 bridgehead atoms. The van der Waals surface area contributed by atoms with Crippen LogP contribution in [0.4, 0.5) is 0 Å². The van der Waals surface area contributed by atoms with Crippen molar-refractivity contribution in [2.45, 2.75) is 33.3 Å². The fraction of sp³-hybridized carbons (Fsp3) is 0.385. The predicted octanol–water partition coefficient (Wildman–Crippen LogP) is 1.64. The molecule has 1 aromatic rings. The minimum atomic E-state index is -1.00. The van der Waals surface area contributed by atoms with Gasteiger partial charge in [0.1, 0.15) is 5.75 Å². The van der Waals surface area contributed by atoms with Crippen LogP contribution in [0.1, 0.15) is 34.8 Å². The first-order chi connectivity index (χ1) is 8.36. The monoisotopic (exact) mass is 251 g/mol. The molecule has 0 fully saturated rings. The Morgan fingerprint density at radius 2 is 1.83 bits per heavy atom. The van der Waals surface area contributed by atoms with Crippen molar-refractivity contribution < 1.29 is 19.4 Å². The van der Waals surface area contributed by atoms with Crippen molar-refractivity contribution >= 4 is 11.9 Å². The molecule has 0 spiro atoms. The Morgan fingerprint density at radius 3 is 2.17 bits per heavy atom. The number of hydrogen-bond acceptors (Lipinski definition) is 3. The smallest absolute Gasteiger partial charge is 0.344 e. The van der Waals surface area contributed by atoms with Crippen LogP contribution in [0.2, 0.25) is 0 Å². The van der Waals surface area contributed by atoms with Gasteiger partial charge >= 0.3 is 5.97 Å². The third-order valence-corrected chi connectivity index (χ3v) is 2.65. The second kappa shape index (κ2) is 5.53. The molecule has 98 valence electrons. The number of benzene rings is 1. The summed E-state index contributed by atoms with van der Waals surface area (Å²) in [5, 5.41) is 8.96. The van der Waals surface area contributed by atoms with Crippen LogP contribution < -0.4 is 10.5 Å². The molecule has 0 aliphatic carbocycles. The van der Waals surface area contributed by atoms with E-state index in [1.165, 1.54) is 0 Å². The molecular weight excluding hydrogens is 234 g/mol. The van der Waals surface area contributed by atoms with Crippen molar-refractivity contribution in [3.05, 3.63) is 28.8 Å². The maximum absolute atomic E-state index is 11.1. The number of rotatable bonds is 5. The number of carbonyl (C=O) groups is 2. The molecule has 0 saturated carbocycles. The molecule has 1 rings (SSSR count). The van der Waals surface area contributed by atoms with E-state index in [1.807, 2.05) is 0 Å². The lowest BCUT2D eigenvalue weighted by Crippen LogP contribution is -2.26. The molecule has 3 N–H and O–H groups in total. The predicted molar refractivity (Wildman–Crippen MR) is 66.8 cm³/mol. The lowest BCUT2D eigenvalue weighted by Gasteiger charge is -2.17. The summed E-state index contributed by atoms with van der Waals surface area (Å²) in [6, 6.07) is 3.19. The highest BCUT2D eigenvalue weighted by Gasteiger charge is 2.19. The highest BCUT2D eigenvalue weighted by molar-refractivity contribution is 5.93. The fourth-order valence-electron chi connectivity index (χ4n) is 1.73. The van der Waals surface area contributed by atoms with Crippen molar-refractivity contribution in [3.8, 4) is 5.75 Å². The number of ether oxygens (including phenoxy) is 1. The molecule has 0 aliphatic heterocycles. The number of aliphatic carboxylic acids is 1. The number of aryl methyl sites for hydroxylation is 2. The summed E-state index contributed by atoms with van der Waals surface area (Å²) in [6.45, 7) is 5.24. The first-order valence-electron chi connectivity index (χ1n) is 5.67. The Bertz CT molecular complexity index is 459. The van der Waals surface area contributed by atoms with Crippen molar-refractivity contribution in [1.29, 1.82) is 0 Å². The van der Waals surface area contributed by atoms with Crippen molar-refractivity contribution in [2.24, 2.45) is 5.73 Å². The largest absolute Gasteiger partial charge is 0.479 e. The number of nitrogens with two attached hydrogens (primary N) is 1. The van der Waals surface area contributed by atoms with Crippen LogP contribution >= 0.6 is 0 Å². The van der Waals surface area contributed by atoms with E-state index in [1.54, 1.807) is 32.9 Å². The van der Waals surface area contributed by atoms with Gasteiger partial charge in [0.05, 0.1) is 0 Å². The van der Waals surface area contributed by atoms with Crippen molar-refractivity contribution in [3.63, 3.8) is 0 Å². The summed E-state index contributed by atoms with van der Waals surface area (Å²) in [5.41, 5.74) is 6.99. The highest BCUT2D eigenvalue weighted by Crippen LogP contribution is 2.26. The summed E-state index contributed by atoms with van der Waals surface area (Å²) < 4.78 is 5.47. The van der Waals surface area contributed by atoms with Crippen LogP contribution in [0.5, 0.6) is 5.75 Å². The second-order valence-electron chi connectivity index (χ2n) is 4.16. The number of carboxylic acid groups (broad SMARTS) is 1. The molecule has 0 radical (unpaired) electrons. The Kier molecular flexibility index (Phi) is 4.31. The Morgan fingerprint density at radius 1 is 1.33 bits per heavy atom. The van der Waals surface area contributed by atoms with E-state index in [9.17, 15) is 9.59 Å². The van der Waals surface area contributed by atoms with Gasteiger partial charge in [0.15, 0.2) is 6.10 Å². The zero-order valence-electron chi connectivity index (χ0n) is 10.7. The quantitative estimate of drug-likeness (QED) is 0.832. The Balaban J connectivity index is 3.10. The molecule has 18 heavy (non-hydrogen) atoms. The number of hydrogen-bond donors (Lipinski definition) is 2. The van der Waals surface area contributed by atoms with Gasteiger partial charge in [-0.05, 0) is 43.5 Å². The third-order valence-electron chi connectivity index (χ3n) is 2.65. The Labute approximate surface area is 106 Å². The van der Waals surface area contributed by atoms with Crippen LogP contribution in [0.3, 0.4) is 0 Å². The average molecular weight is 251 g/mol. The number of carboxylic acids is 1. The molecule has 5 nitrogen and oxygen atoms in total. The summed E-state index contributed by atoms with van der Waals surface area (Å²) in [4.78, 5) is 22.0. The zero-order valence-corrected chi connectivity index (χ0v) is 10.7. The molecule has 0 aliphatic rings. The van der Waals surface area contributed by atoms with Gasteiger partial charge in [0.2, 0.25) is 5.91 Å². The van der Waals surface area contributed by atoms with Gasteiger partial charge in [0.25, 0.3) is 0 Å². The van der Waals surface area contributed by atoms with Crippen molar-refractivity contribution in [1.82, 2.24) is 0 Å². The topological polar surface area (TPSA) is 89.6 Å². The van der Waals surface area contributed by atoms with Gasteiger partial charge < -0.3 is 15.6 Å². The van der Waals surface area contributed by atoms with E-state index >= 15 is 0 Å². The fourth-order valence-corrected chi connectivity index (χ4v) is 1.73. The lowest BCUT2D eigenvalue weighted by molar-refractivity contribution is -0.145. The molecule has 1 amide bonds. The Hall–Kier alpha value is -2.04. The summed E-state index contributed by atoms with van der Waals surface area (Å²) in [5.74, 6) is -1.03. The van der Waals surface area contributed by atoms with Gasteiger partial charge in [-0.3, -0.25) is 4.79 Å². The van der Waals surface area contributed by atoms with E-state index < -0.39 is 18.0 Å². The summed E-state index contributed by atoms with van der Waals surface area (Å²) in [7, 11) is 0. The van der Waals surface area contributed by atoms with Crippen LogP contribution in [-0.2, 0) is 4.79 Å².